The second kappa shape index (κ2) is 7.23. The van der Waals surface area contributed by atoms with E-state index in [9.17, 15) is 0 Å². The van der Waals surface area contributed by atoms with Crippen LogP contribution in [-0.4, -0.2) is 45.3 Å². The summed E-state index contributed by atoms with van der Waals surface area (Å²) in [6.45, 7) is 4.54. The smallest absolute Gasteiger partial charge is 0.162 e. The van der Waals surface area contributed by atoms with Crippen LogP contribution < -0.4 is 14.8 Å². The summed E-state index contributed by atoms with van der Waals surface area (Å²) < 4.78 is 10.6. The number of benzene rings is 1. The molecule has 1 fully saturated rings. The van der Waals surface area contributed by atoms with E-state index in [2.05, 4.69) is 24.2 Å². The third kappa shape index (κ3) is 3.95. The molecule has 118 valence electrons. The molecule has 1 aliphatic heterocycles. The normalized spacial score (nSPS) is 20.9. The topological polar surface area (TPSA) is 33.7 Å². The molecule has 0 bridgehead atoms. The number of nitrogens with one attached hydrogen (secondary N) is 1. The highest BCUT2D eigenvalue weighted by Gasteiger charge is 2.23. The average Bonchev–Trinajstić information content (AvgIpc) is 2.48. The van der Waals surface area contributed by atoms with Crippen molar-refractivity contribution >= 4 is 17.3 Å². The Hall–Kier alpha value is -1.13. The van der Waals surface area contributed by atoms with E-state index in [1.807, 2.05) is 6.07 Å². The molecule has 0 amide bonds. The molecule has 1 aliphatic rings. The molecular weight excluding hydrogens is 288 g/mol. The molecule has 1 heterocycles. The Kier molecular flexibility index (Phi) is 5.59. The summed E-state index contributed by atoms with van der Waals surface area (Å²) in [6.07, 6.45) is 2.51. The number of nitrogens with zero attached hydrogens (tertiary/aromatic N) is 1. The highest BCUT2D eigenvalue weighted by Crippen LogP contribution is 2.37. The Labute approximate surface area is 132 Å². The van der Waals surface area contributed by atoms with Crippen LogP contribution in [-0.2, 0) is 0 Å². The predicted octanol–water partition coefficient (Wildman–Crippen LogP) is 3.50. The average molecular weight is 313 g/mol. The quantitative estimate of drug-likeness (QED) is 0.902. The van der Waals surface area contributed by atoms with E-state index < -0.39 is 0 Å². The number of piperidine rings is 1. The number of halogens is 1. The summed E-state index contributed by atoms with van der Waals surface area (Å²) in [5, 5.41) is 4.19. The summed E-state index contributed by atoms with van der Waals surface area (Å²) in [6, 6.07) is 4.07. The molecular formula is C16H25ClN2O2. The highest BCUT2D eigenvalue weighted by molar-refractivity contribution is 6.33. The Balaban J connectivity index is 2.11. The Morgan fingerprint density at radius 1 is 1.29 bits per heavy atom. The lowest BCUT2D eigenvalue weighted by atomic mass is 9.91. The van der Waals surface area contributed by atoms with Crippen molar-refractivity contribution in [1.29, 1.82) is 0 Å². The van der Waals surface area contributed by atoms with Gasteiger partial charge in [-0.3, -0.25) is 0 Å². The Bertz CT molecular complexity index is 482. The third-order valence-electron chi connectivity index (χ3n) is 4.22. The molecule has 1 aromatic carbocycles. The molecule has 0 aromatic heterocycles. The van der Waals surface area contributed by atoms with Gasteiger partial charge in [0.15, 0.2) is 11.5 Å². The lowest BCUT2D eigenvalue weighted by Crippen LogP contribution is -2.39. The van der Waals surface area contributed by atoms with Crippen molar-refractivity contribution in [2.45, 2.75) is 25.8 Å². The number of hydrogen-bond donors (Lipinski definition) is 1. The molecule has 21 heavy (non-hydrogen) atoms. The van der Waals surface area contributed by atoms with E-state index in [1.165, 1.54) is 19.4 Å². The van der Waals surface area contributed by atoms with E-state index in [4.69, 9.17) is 21.1 Å². The summed E-state index contributed by atoms with van der Waals surface area (Å²) in [7, 11) is 5.43. The predicted molar refractivity (Wildman–Crippen MR) is 87.9 cm³/mol. The van der Waals surface area contributed by atoms with Gasteiger partial charge in [0, 0.05) is 24.7 Å². The van der Waals surface area contributed by atoms with Gasteiger partial charge in [0.25, 0.3) is 0 Å². The number of methoxy groups -OCH3 is 2. The van der Waals surface area contributed by atoms with Crippen molar-refractivity contribution in [1.82, 2.24) is 4.90 Å². The maximum atomic E-state index is 6.34. The molecule has 1 saturated heterocycles. The standard InChI is InChI=1S/C16H25ClN2O2/c1-11(12-6-5-7-19(2)10-12)18-14-9-16(21-4)15(20-3)8-13(14)17/h8-9,11-12,18H,5-7,10H2,1-4H3. The van der Waals surface area contributed by atoms with Gasteiger partial charge in [0.2, 0.25) is 0 Å². The van der Waals surface area contributed by atoms with Crippen molar-refractivity contribution in [3.63, 3.8) is 0 Å². The zero-order chi connectivity index (χ0) is 15.4. The molecule has 2 atom stereocenters. The van der Waals surface area contributed by atoms with Gasteiger partial charge in [-0.25, -0.2) is 0 Å². The maximum absolute atomic E-state index is 6.34. The molecule has 0 spiro atoms. The van der Waals surface area contributed by atoms with Crippen LogP contribution in [0.15, 0.2) is 12.1 Å². The fourth-order valence-electron chi connectivity index (χ4n) is 2.94. The summed E-state index contributed by atoms with van der Waals surface area (Å²) in [4.78, 5) is 2.39. The van der Waals surface area contributed by atoms with Crippen molar-refractivity contribution in [3.05, 3.63) is 17.2 Å². The number of anilines is 1. The SMILES string of the molecule is COc1cc(Cl)c(NC(C)C2CCCN(C)C2)cc1OC. The fourth-order valence-corrected chi connectivity index (χ4v) is 3.15. The molecule has 2 unspecified atom stereocenters. The molecule has 5 heteroatoms. The molecule has 2 rings (SSSR count). The van der Waals surface area contributed by atoms with Crippen LogP contribution in [0.5, 0.6) is 11.5 Å². The van der Waals surface area contributed by atoms with Gasteiger partial charge in [0.1, 0.15) is 0 Å². The van der Waals surface area contributed by atoms with Crippen LogP contribution in [0.25, 0.3) is 0 Å². The molecule has 1 aromatic rings. The minimum atomic E-state index is 0.364. The summed E-state index contributed by atoms with van der Waals surface area (Å²) in [5.41, 5.74) is 0.898. The zero-order valence-electron chi connectivity index (χ0n) is 13.3. The van der Waals surface area contributed by atoms with Crippen LogP contribution in [0.1, 0.15) is 19.8 Å². The summed E-state index contributed by atoms with van der Waals surface area (Å²) in [5.74, 6) is 1.98. The molecule has 4 nitrogen and oxygen atoms in total. The largest absolute Gasteiger partial charge is 0.493 e. The lowest BCUT2D eigenvalue weighted by Gasteiger charge is -2.34. The first-order chi connectivity index (χ1) is 10.0. The van der Waals surface area contributed by atoms with E-state index in [0.29, 0.717) is 28.5 Å². The van der Waals surface area contributed by atoms with Gasteiger partial charge in [-0.05, 0) is 39.3 Å². The van der Waals surface area contributed by atoms with Gasteiger partial charge < -0.3 is 19.7 Å². The van der Waals surface area contributed by atoms with Crippen molar-refractivity contribution in [3.8, 4) is 11.5 Å². The fraction of sp³-hybridized carbons (Fsp3) is 0.625. The second-order valence-corrected chi connectivity index (χ2v) is 6.19. The Morgan fingerprint density at radius 3 is 2.57 bits per heavy atom. The number of likely N-dealkylation sites (tertiary alicyclic amines) is 1. The Morgan fingerprint density at radius 2 is 1.95 bits per heavy atom. The lowest BCUT2D eigenvalue weighted by molar-refractivity contribution is 0.197. The maximum Gasteiger partial charge on any atom is 0.162 e. The van der Waals surface area contributed by atoms with Crippen molar-refractivity contribution in [2.75, 3.05) is 39.7 Å². The minimum Gasteiger partial charge on any atom is -0.493 e. The molecule has 0 aliphatic carbocycles. The number of ether oxygens (including phenoxy) is 2. The van der Waals surface area contributed by atoms with E-state index in [0.717, 1.165) is 12.2 Å². The van der Waals surface area contributed by atoms with Crippen molar-refractivity contribution < 1.29 is 9.47 Å². The van der Waals surface area contributed by atoms with Gasteiger partial charge in [0.05, 0.1) is 24.9 Å². The number of rotatable bonds is 5. The highest BCUT2D eigenvalue weighted by atomic mass is 35.5. The van der Waals surface area contributed by atoms with Crippen LogP contribution in [0.2, 0.25) is 5.02 Å². The first-order valence-electron chi connectivity index (χ1n) is 7.41. The van der Waals surface area contributed by atoms with Crippen LogP contribution in [0.3, 0.4) is 0 Å². The minimum absolute atomic E-state index is 0.364. The zero-order valence-corrected chi connectivity index (χ0v) is 14.0. The first kappa shape index (κ1) is 16.2. The number of hydrogen-bond acceptors (Lipinski definition) is 4. The van der Waals surface area contributed by atoms with E-state index >= 15 is 0 Å². The second-order valence-electron chi connectivity index (χ2n) is 5.78. The first-order valence-corrected chi connectivity index (χ1v) is 7.79. The van der Waals surface area contributed by atoms with Crippen LogP contribution in [0.4, 0.5) is 5.69 Å². The van der Waals surface area contributed by atoms with Gasteiger partial charge >= 0.3 is 0 Å². The molecule has 0 radical (unpaired) electrons. The third-order valence-corrected chi connectivity index (χ3v) is 4.54. The van der Waals surface area contributed by atoms with Crippen molar-refractivity contribution in [2.24, 2.45) is 5.92 Å². The van der Waals surface area contributed by atoms with Gasteiger partial charge in [-0.1, -0.05) is 11.6 Å². The molecule has 1 N–H and O–H groups in total. The van der Waals surface area contributed by atoms with Gasteiger partial charge in [-0.15, -0.1) is 0 Å². The van der Waals surface area contributed by atoms with Crippen LogP contribution >= 0.6 is 11.6 Å². The monoisotopic (exact) mass is 312 g/mol. The molecule has 0 saturated carbocycles. The van der Waals surface area contributed by atoms with Crippen LogP contribution in [0, 0.1) is 5.92 Å². The summed E-state index contributed by atoms with van der Waals surface area (Å²) >= 11 is 6.34. The van der Waals surface area contributed by atoms with E-state index in [1.54, 1.807) is 20.3 Å². The van der Waals surface area contributed by atoms with E-state index in [-0.39, 0.29) is 0 Å². The van der Waals surface area contributed by atoms with Gasteiger partial charge in [-0.2, -0.15) is 0 Å².